The normalized spacial score (nSPS) is 15.6. The lowest BCUT2D eigenvalue weighted by molar-refractivity contribution is 0.0859. The Balaban J connectivity index is 1.82. The highest BCUT2D eigenvalue weighted by atomic mass is 16.6. The van der Waals surface area contributed by atoms with Crippen LogP contribution < -0.4 is 5.32 Å². The molecule has 0 atom stereocenters. The highest BCUT2D eigenvalue weighted by molar-refractivity contribution is 5.93. The van der Waals surface area contributed by atoms with E-state index in [0.717, 1.165) is 12.8 Å². The fourth-order valence-electron chi connectivity index (χ4n) is 2.20. The van der Waals surface area contributed by atoms with Gasteiger partial charge in [-0.2, -0.15) is 0 Å². The molecule has 2 rings (SSSR count). The van der Waals surface area contributed by atoms with Gasteiger partial charge >= 0.3 is 6.09 Å². The Morgan fingerprint density at radius 1 is 1.33 bits per heavy atom. The number of aromatic nitrogens is 2. The molecule has 0 bridgehead atoms. The molecule has 0 saturated carbocycles. The molecule has 2 amide bonds. The largest absolute Gasteiger partial charge is 0.450 e. The molecule has 1 aromatic rings. The quantitative estimate of drug-likeness (QED) is 0.903. The van der Waals surface area contributed by atoms with Crippen LogP contribution >= 0.6 is 0 Å². The molecule has 7 nitrogen and oxygen atoms in total. The zero-order valence-corrected chi connectivity index (χ0v) is 12.3. The summed E-state index contributed by atoms with van der Waals surface area (Å²) in [6, 6.07) is 0.0597. The highest BCUT2D eigenvalue weighted by Crippen LogP contribution is 2.12. The van der Waals surface area contributed by atoms with Gasteiger partial charge in [0.15, 0.2) is 0 Å². The average molecular weight is 292 g/mol. The molecule has 114 valence electrons. The SMILES string of the molecule is CCOC(=O)N1CCC(NC(=O)c2cnc(C)nc2)CC1. The van der Waals surface area contributed by atoms with E-state index in [1.807, 2.05) is 0 Å². The summed E-state index contributed by atoms with van der Waals surface area (Å²) in [5, 5.41) is 2.95. The Labute approximate surface area is 123 Å². The molecule has 1 fully saturated rings. The maximum Gasteiger partial charge on any atom is 0.409 e. The summed E-state index contributed by atoms with van der Waals surface area (Å²) in [4.78, 5) is 33.3. The lowest BCUT2D eigenvalue weighted by atomic mass is 10.1. The fourth-order valence-corrected chi connectivity index (χ4v) is 2.20. The maximum atomic E-state index is 12.0. The number of aryl methyl sites for hydroxylation is 1. The first-order valence-corrected chi connectivity index (χ1v) is 7.11. The number of likely N-dealkylation sites (tertiary alicyclic amines) is 1. The van der Waals surface area contributed by atoms with Crippen LogP contribution in [0.1, 0.15) is 35.9 Å². The summed E-state index contributed by atoms with van der Waals surface area (Å²) < 4.78 is 4.96. The summed E-state index contributed by atoms with van der Waals surface area (Å²) in [7, 11) is 0. The number of carbonyl (C=O) groups excluding carboxylic acids is 2. The fraction of sp³-hybridized carbons (Fsp3) is 0.571. The van der Waals surface area contributed by atoms with Crippen molar-refractivity contribution in [3.8, 4) is 0 Å². The summed E-state index contributed by atoms with van der Waals surface area (Å²) in [6.45, 7) is 5.12. The summed E-state index contributed by atoms with van der Waals surface area (Å²) in [5.74, 6) is 0.457. The van der Waals surface area contributed by atoms with E-state index in [4.69, 9.17) is 4.74 Å². The van der Waals surface area contributed by atoms with Crippen LogP contribution in [0.2, 0.25) is 0 Å². The van der Waals surface area contributed by atoms with E-state index in [1.54, 1.807) is 18.7 Å². The molecule has 0 aromatic carbocycles. The highest BCUT2D eigenvalue weighted by Gasteiger charge is 2.24. The number of piperidine rings is 1. The van der Waals surface area contributed by atoms with E-state index in [-0.39, 0.29) is 18.0 Å². The zero-order valence-electron chi connectivity index (χ0n) is 12.3. The van der Waals surface area contributed by atoms with Gasteiger partial charge in [0.2, 0.25) is 0 Å². The molecule has 7 heteroatoms. The van der Waals surface area contributed by atoms with Crippen LogP contribution in [0, 0.1) is 6.92 Å². The minimum absolute atomic E-state index is 0.0597. The summed E-state index contributed by atoms with van der Waals surface area (Å²) >= 11 is 0. The predicted molar refractivity (Wildman–Crippen MR) is 75.9 cm³/mol. The summed E-state index contributed by atoms with van der Waals surface area (Å²) in [6.07, 6.45) is 4.19. The van der Waals surface area contributed by atoms with Crippen molar-refractivity contribution in [3.05, 3.63) is 23.8 Å². The van der Waals surface area contributed by atoms with Gasteiger partial charge in [-0.1, -0.05) is 0 Å². The number of amides is 2. The van der Waals surface area contributed by atoms with Gasteiger partial charge in [-0.25, -0.2) is 14.8 Å². The average Bonchev–Trinajstić information content (AvgIpc) is 2.49. The molecular weight excluding hydrogens is 272 g/mol. The Hall–Kier alpha value is -2.18. The first-order chi connectivity index (χ1) is 10.1. The molecule has 2 heterocycles. The van der Waals surface area contributed by atoms with Gasteiger partial charge < -0.3 is 15.0 Å². The molecule has 1 saturated heterocycles. The van der Waals surface area contributed by atoms with Crippen LogP contribution in [0.4, 0.5) is 4.79 Å². The zero-order chi connectivity index (χ0) is 15.2. The van der Waals surface area contributed by atoms with Crippen molar-refractivity contribution in [2.45, 2.75) is 32.7 Å². The van der Waals surface area contributed by atoms with Crippen molar-refractivity contribution in [2.24, 2.45) is 0 Å². The van der Waals surface area contributed by atoms with Gasteiger partial charge in [0.25, 0.3) is 5.91 Å². The Morgan fingerprint density at radius 2 is 1.95 bits per heavy atom. The van der Waals surface area contributed by atoms with Crippen LogP contribution in [-0.2, 0) is 4.74 Å². The molecule has 0 aliphatic carbocycles. The van der Waals surface area contributed by atoms with Gasteiger partial charge in [-0.3, -0.25) is 4.79 Å². The monoisotopic (exact) mass is 292 g/mol. The minimum atomic E-state index is -0.283. The Kier molecular flexibility index (Phi) is 5.08. The lowest BCUT2D eigenvalue weighted by Gasteiger charge is -2.31. The van der Waals surface area contributed by atoms with E-state index < -0.39 is 0 Å². The lowest BCUT2D eigenvalue weighted by Crippen LogP contribution is -2.46. The van der Waals surface area contributed by atoms with E-state index in [0.29, 0.717) is 31.1 Å². The van der Waals surface area contributed by atoms with E-state index in [1.165, 1.54) is 12.4 Å². The number of hydrogen-bond donors (Lipinski definition) is 1. The molecule has 0 unspecified atom stereocenters. The number of rotatable bonds is 3. The summed E-state index contributed by atoms with van der Waals surface area (Å²) in [5.41, 5.74) is 0.452. The third kappa shape index (κ3) is 4.14. The van der Waals surface area contributed by atoms with Crippen molar-refractivity contribution in [3.63, 3.8) is 0 Å². The van der Waals surface area contributed by atoms with Crippen molar-refractivity contribution in [1.82, 2.24) is 20.2 Å². The molecule has 1 aliphatic heterocycles. The van der Waals surface area contributed by atoms with Gasteiger partial charge in [-0.05, 0) is 26.7 Å². The van der Waals surface area contributed by atoms with Crippen LogP contribution in [-0.4, -0.2) is 52.6 Å². The number of carbonyl (C=O) groups is 2. The Bertz CT molecular complexity index is 495. The van der Waals surface area contributed by atoms with Gasteiger partial charge in [-0.15, -0.1) is 0 Å². The standard InChI is InChI=1S/C14H20N4O3/c1-3-21-14(20)18-6-4-12(5-7-18)17-13(19)11-8-15-10(2)16-9-11/h8-9,12H,3-7H2,1-2H3,(H,17,19). The van der Waals surface area contributed by atoms with Crippen LogP contribution in [0.15, 0.2) is 12.4 Å². The van der Waals surface area contributed by atoms with Gasteiger partial charge in [0.1, 0.15) is 5.82 Å². The first kappa shape index (κ1) is 15.2. The third-order valence-corrected chi connectivity index (χ3v) is 3.40. The minimum Gasteiger partial charge on any atom is -0.450 e. The number of nitrogens with zero attached hydrogens (tertiary/aromatic N) is 3. The number of ether oxygens (including phenoxy) is 1. The van der Waals surface area contributed by atoms with Gasteiger partial charge in [0, 0.05) is 31.5 Å². The third-order valence-electron chi connectivity index (χ3n) is 3.40. The van der Waals surface area contributed by atoms with Crippen molar-refractivity contribution < 1.29 is 14.3 Å². The topological polar surface area (TPSA) is 84.4 Å². The Morgan fingerprint density at radius 3 is 2.52 bits per heavy atom. The number of hydrogen-bond acceptors (Lipinski definition) is 5. The molecular formula is C14H20N4O3. The molecule has 1 aliphatic rings. The molecule has 0 spiro atoms. The second-order valence-corrected chi connectivity index (χ2v) is 4.95. The van der Waals surface area contributed by atoms with Crippen LogP contribution in [0.5, 0.6) is 0 Å². The van der Waals surface area contributed by atoms with Crippen molar-refractivity contribution in [2.75, 3.05) is 19.7 Å². The van der Waals surface area contributed by atoms with E-state index in [2.05, 4.69) is 15.3 Å². The van der Waals surface area contributed by atoms with Crippen LogP contribution in [0.3, 0.4) is 0 Å². The second kappa shape index (κ2) is 7.01. The first-order valence-electron chi connectivity index (χ1n) is 7.11. The van der Waals surface area contributed by atoms with Crippen molar-refractivity contribution >= 4 is 12.0 Å². The van der Waals surface area contributed by atoms with E-state index in [9.17, 15) is 9.59 Å². The number of nitrogens with one attached hydrogen (secondary N) is 1. The molecule has 21 heavy (non-hydrogen) atoms. The molecule has 1 N–H and O–H groups in total. The van der Waals surface area contributed by atoms with Crippen molar-refractivity contribution in [1.29, 1.82) is 0 Å². The molecule has 1 aromatic heterocycles. The predicted octanol–water partition coefficient (Wildman–Crippen LogP) is 1.14. The van der Waals surface area contributed by atoms with Crippen LogP contribution in [0.25, 0.3) is 0 Å². The molecule has 0 radical (unpaired) electrons. The maximum absolute atomic E-state index is 12.0. The smallest absolute Gasteiger partial charge is 0.409 e. The van der Waals surface area contributed by atoms with E-state index >= 15 is 0 Å². The second-order valence-electron chi connectivity index (χ2n) is 4.95. The van der Waals surface area contributed by atoms with Gasteiger partial charge in [0.05, 0.1) is 12.2 Å².